The fraction of sp³-hybridized carbons (Fsp3) is 0.588. The molecule has 1 N–H and O–H groups in total. The first-order valence-electron chi connectivity index (χ1n) is 15.3. The van der Waals surface area contributed by atoms with Crippen LogP contribution in [0.4, 0.5) is 5.69 Å². The van der Waals surface area contributed by atoms with Crippen molar-refractivity contribution in [1.82, 2.24) is 4.90 Å². The molecule has 1 heterocycles. The number of aryl methyl sites for hydroxylation is 4. The van der Waals surface area contributed by atoms with Crippen molar-refractivity contribution in [3.8, 4) is 0 Å². The number of para-hydroxylation sites is 1. The molecule has 5 nitrogen and oxygen atoms in total. The minimum absolute atomic E-state index is 0.0790. The number of nitrogens with one attached hydrogen (secondary N) is 1. The third kappa shape index (κ3) is 8.92. The normalized spacial score (nSPS) is 16.2. The summed E-state index contributed by atoms with van der Waals surface area (Å²) in [5, 5.41) is 3.25. The van der Waals surface area contributed by atoms with Gasteiger partial charge in [0.15, 0.2) is 5.78 Å². The maximum atomic E-state index is 13.4. The zero-order chi connectivity index (χ0) is 29.1. The summed E-state index contributed by atoms with van der Waals surface area (Å²) >= 11 is 1.93. The monoisotopic (exact) mass is 566 g/mol. The maximum absolute atomic E-state index is 13.4. The first-order chi connectivity index (χ1) is 19.2. The summed E-state index contributed by atoms with van der Waals surface area (Å²) in [6, 6.07) is 12.4. The van der Waals surface area contributed by atoms with Crippen LogP contribution in [0.15, 0.2) is 36.4 Å². The lowest BCUT2D eigenvalue weighted by Gasteiger charge is -2.39. The van der Waals surface area contributed by atoms with Crippen molar-refractivity contribution in [2.24, 2.45) is 0 Å². The molecule has 0 spiro atoms. The molecule has 1 aliphatic rings. The van der Waals surface area contributed by atoms with E-state index in [0.29, 0.717) is 18.7 Å². The number of Topliss-reactive ketones (excluding diaryl/α,β-unsaturated/α-hetero) is 1. The molecule has 1 atom stereocenters. The lowest BCUT2D eigenvalue weighted by atomic mass is 9.97. The molecule has 1 fully saturated rings. The smallest absolute Gasteiger partial charge is 0.241 e. The summed E-state index contributed by atoms with van der Waals surface area (Å²) in [7, 11) is 0. The molecule has 1 aliphatic heterocycles. The van der Waals surface area contributed by atoms with Gasteiger partial charge in [-0.15, -0.1) is 11.8 Å². The van der Waals surface area contributed by atoms with Crippen LogP contribution in [0.1, 0.15) is 73.8 Å². The number of hydrogen-bond donors (Lipinski definition) is 1. The van der Waals surface area contributed by atoms with Gasteiger partial charge in [0, 0.05) is 23.7 Å². The average molecular weight is 567 g/mol. The van der Waals surface area contributed by atoms with E-state index in [1.54, 1.807) is 0 Å². The van der Waals surface area contributed by atoms with E-state index < -0.39 is 0 Å². The Labute approximate surface area is 247 Å². The molecule has 6 heteroatoms. The zero-order valence-electron chi connectivity index (χ0n) is 25.9. The van der Waals surface area contributed by atoms with Crippen LogP contribution < -0.4 is 5.32 Å². The van der Waals surface area contributed by atoms with E-state index in [1.807, 2.05) is 17.8 Å². The maximum Gasteiger partial charge on any atom is 0.241 e. The average Bonchev–Trinajstić information content (AvgIpc) is 2.91. The summed E-state index contributed by atoms with van der Waals surface area (Å²) in [5.41, 5.74) is 6.80. The summed E-state index contributed by atoms with van der Waals surface area (Å²) in [4.78, 5) is 29.1. The number of carbonyl (C=O) groups is 2. The van der Waals surface area contributed by atoms with Crippen molar-refractivity contribution < 1.29 is 14.1 Å². The summed E-state index contributed by atoms with van der Waals surface area (Å²) in [6.07, 6.45) is 5.84. The number of thioether (sulfide) groups is 1. The molecule has 2 aromatic rings. The van der Waals surface area contributed by atoms with Crippen LogP contribution in [0.2, 0.25) is 0 Å². The van der Waals surface area contributed by atoms with E-state index in [0.717, 1.165) is 91.2 Å². The summed E-state index contributed by atoms with van der Waals surface area (Å²) in [6.45, 7) is 17.5. The molecule has 2 aromatic carbocycles. The number of quaternary nitrogens is 1. The second-order valence-corrected chi connectivity index (χ2v) is 12.9. The molecular formula is C34H52N3O2S+. The van der Waals surface area contributed by atoms with Crippen LogP contribution in [0, 0.1) is 27.7 Å². The molecule has 220 valence electrons. The standard InChI is InChI=1S/C34H51N3O2S/c1-7-19-37(20-8-2,24-30(38)23-31-26(3)13-11-14-27(31)4)21-22-40-25-36-18-10-9-17-32(36)34(39)35-33-28(5)15-12-16-29(33)6/h11-16,32H,7-10,17-25H2,1-6H3/p+1. The number of amides is 1. The minimum Gasteiger partial charge on any atom is -0.324 e. The molecule has 0 aromatic heterocycles. The Morgan fingerprint density at radius 1 is 0.900 bits per heavy atom. The Hall–Kier alpha value is -2.15. The van der Waals surface area contributed by atoms with Crippen LogP contribution in [0.25, 0.3) is 0 Å². The Bertz CT molecular complexity index is 1090. The van der Waals surface area contributed by atoms with Crippen molar-refractivity contribution in [2.75, 3.05) is 49.7 Å². The van der Waals surface area contributed by atoms with E-state index in [-0.39, 0.29) is 11.9 Å². The highest BCUT2D eigenvalue weighted by molar-refractivity contribution is 7.99. The van der Waals surface area contributed by atoms with Gasteiger partial charge in [-0.05, 0) is 87.7 Å². The fourth-order valence-electron chi connectivity index (χ4n) is 6.38. The zero-order valence-corrected chi connectivity index (χ0v) is 26.7. The highest BCUT2D eigenvalue weighted by Gasteiger charge is 2.31. The highest BCUT2D eigenvalue weighted by atomic mass is 32.2. The van der Waals surface area contributed by atoms with E-state index in [4.69, 9.17) is 0 Å². The van der Waals surface area contributed by atoms with Crippen LogP contribution in [0.3, 0.4) is 0 Å². The Morgan fingerprint density at radius 2 is 1.50 bits per heavy atom. The number of ketones is 1. The van der Waals surface area contributed by atoms with Crippen molar-refractivity contribution in [3.63, 3.8) is 0 Å². The number of likely N-dealkylation sites (tertiary alicyclic amines) is 1. The van der Waals surface area contributed by atoms with E-state index >= 15 is 0 Å². The molecule has 0 saturated carbocycles. The number of nitrogens with zero attached hydrogens (tertiary/aromatic N) is 2. The molecule has 1 saturated heterocycles. The molecule has 0 radical (unpaired) electrons. The molecule has 1 amide bonds. The lowest BCUT2D eigenvalue weighted by Crippen LogP contribution is -2.54. The van der Waals surface area contributed by atoms with Gasteiger partial charge in [-0.2, -0.15) is 0 Å². The SMILES string of the molecule is CCC[N+](CCC)(CCSCN1CCCCC1C(=O)Nc1c(C)cccc1C)CC(=O)Cc1c(C)cccc1C. The van der Waals surface area contributed by atoms with E-state index in [2.05, 4.69) is 82.1 Å². The number of rotatable bonds is 15. The highest BCUT2D eigenvalue weighted by Crippen LogP contribution is 2.25. The summed E-state index contributed by atoms with van der Waals surface area (Å²) < 4.78 is 0.875. The van der Waals surface area contributed by atoms with Gasteiger partial charge in [0.1, 0.15) is 6.54 Å². The number of piperidine rings is 1. The number of carbonyl (C=O) groups excluding carboxylic acids is 2. The van der Waals surface area contributed by atoms with Crippen molar-refractivity contribution in [2.45, 2.75) is 86.1 Å². The van der Waals surface area contributed by atoms with Gasteiger partial charge in [-0.25, -0.2) is 0 Å². The fourth-order valence-corrected chi connectivity index (χ4v) is 7.57. The molecule has 0 bridgehead atoms. The van der Waals surface area contributed by atoms with Crippen molar-refractivity contribution in [3.05, 3.63) is 64.2 Å². The predicted octanol–water partition coefficient (Wildman–Crippen LogP) is 6.85. The van der Waals surface area contributed by atoms with Crippen LogP contribution >= 0.6 is 11.8 Å². The second kappa shape index (κ2) is 15.7. The Morgan fingerprint density at radius 3 is 2.10 bits per heavy atom. The number of benzene rings is 2. The van der Waals surface area contributed by atoms with Gasteiger partial charge < -0.3 is 9.80 Å². The van der Waals surface area contributed by atoms with Gasteiger partial charge in [0.05, 0.1) is 25.7 Å². The van der Waals surface area contributed by atoms with Gasteiger partial charge in [0.2, 0.25) is 5.91 Å². The van der Waals surface area contributed by atoms with E-state index in [1.165, 1.54) is 16.7 Å². The van der Waals surface area contributed by atoms with Gasteiger partial charge in [-0.1, -0.05) is 56.7 Å². The third-order valence-electron chi connectivity index (χ3n) is 8.54. The topological polar surface area (TPSA) is 49.4 Å². The number of anilines is 1. The minimum atomic E-state index is -0.0790. The summed E-state index contributed by atoms with van der Waals surface area (Å²) in [5.74, 6) is 2.33. The van der Waals surface area contributed by atoms with Crippen LogP contribution in [0.5, 0.6) is 0 Å². The largest absolute Gasteiger partial charge is 0.324 e. The second-order valence-electron chi connectivity index (χ2n) is 11.9. The Balaban J connectivity index is 1.60. The molecule has 1 unspecified atom stereocenters. The van der Waals surface area contributed by atoms with Crippen molar-refractivity contribution >= 4 is 29.1 Å². The molecule has 0 aliphatic carbocycles. The third-order valence-corrected chi connectivity index (χ3v) is 9.52. The first-order valence-corrected chi connectivity index (χ1v) is 16.5. The lowest BCUT2D eigenvalue weighted by molar-refractivity contribution is -0.918. The number of hydrogen-bond acceptors (Lipinski definition) is 4. The predicted molar refractivity (Wildman–Crippen MR) is 171 cm³/mol. The van der Waals surface area contributed by atoms with E-state index in [9.17, 15) is 9.59 Å². The van der Waals surface area contributed by atoms with Crippen LogP contribution in [-0.2, 0) is 16.0 Å². The van der Waals surface area contributed by atoms with Crippen LogP contribution in [-0.4, -0.2) is 71.5 Å². The van der Waals surface area contributed by atoms with Crippen molar-refractivity contribution in [1.29, 1.82) is 0 Å². The van der Waals surface area contributed by atoms with Gasteiger partial charge >= 0.3 is 0 Å². The quantitative estimate of drug-likeness (QED) is 0.189. The van der Waals surface area contributed by atoms with Gasteiger partial charge in [-0.3, -0.25) is 14.5 Å². The first kappa shape index (κ1) is 32.4. The Kier molecular flexibility index (Phi) is 12.7. The molecular weight excluding hydrogens is 514 g/mol. The molecule has 3 rings (SSSR count). The van der Waals surface area contributed by atoms with Gasteiger partial charge in [0.25, 0.3) is 0 Å². The molecule has 40 heavy (non-hydrogen) atoms.